The monoisotopic (exact) mass is 274 g/mol. The van der Waals surface area contributed by atoms with Crippen molar-refractivity contribution in [2.45, 2.75) is 27.7 Å². The molecule has 2 aromatic rings. The highest BCUT2D eigenvalue weighted by atomic mass is 31.1. The molecule has 0 aliphatic heterocycles. The predicted octanol–water partition coefficient (Wildman–Crippen LogP) is 4.89. The maximum atomic E-state index is 5.72. The minimum absolute atomic E-state index is 0.0274. The summed E-state index contributed by atoms with van der Waals surface area (Å²) in [6.45, 7) is 8.29. The number of rotatable bonds is 4. The van der Waals surface area contributed by atoms with Crippen LogP contribution in [0.3, 0.4) is 0 Å². The van der Waals surface area contributed by atoms with Crippen LogP contribution >= 0.6 is 9.03 Å². The van der Waals surface area contributed by atoms with Gasteiger partial charge in [0, 0.05) is 0 Å². The van der Waals surface area contributed by atoms with Crippen molar-refractivity contribution >= 4 is 9.03 Å². The van der Waals surface area contributed by atoms with Gasteiger partial charge in [-0.25, -0.2) is 0 Å². The van der Waals surface area contributed by atoms with Crippen LogP contribution in [-0.4, -0.2) is 0 Å². The van der Waals surface area contributed by atoms with Crippen LogP contribution in [0.15, 0.2) is 36.4 Å². The van der Waals surface area contributed by atoms with Crippen LogP contribution in [0.2, 0.25) is 0 Å². The van der Waals surface area contributed by atoms with E-state index in [1.54, 1.807) is 0 Å². The molecule has 0 radical (unpaired) electrons. The highest BCUT2D eigenvalue weighted by Crippen LogP contribution is 2.31. The van der Waals surface area contributed by atoms with Crippen LogP contribution in [0, 0.1) is 27.7 Å². The molecule has 19 heavy (non-hydrogen) atoms. The third-order valence-corrected chi connectivity index (χ3v) is 4.02. The molecule has 0 amide bonds. The molecule has 0 spiro atoms. The first-order chi connectivity index (χ1) is 9.09. The van der Waals surface area contributed by atoms with Crippen molar-refractivity contribution in [1.82, 2.24) is 0 Å². The highest BCUT2D eigenvalue weighted by molar-refractivity contribution is 7.27. The number of aryl methyl sites for hydroxylation is 2. The van der Waals surface area contributed by atoms with Gasteiger partial charge in [-0.3, -0.25) is 0 Å². The summed E-state index contributed by atoms with van der Waals surface area (Å²) in [7, 11) is -0.0274. The topological polar surface area (TPSA) is 18.5 Å². The average molecular weight is 274 g/mol. The summed E-state index contributed by atoms with van der Waals surface area (Å²) in [5.41, 5.74) is 4.79. The zero-order valence-corrected chi connectivity index (χ0v) is 12.8. The largest absolute Gasteiger partial charge is 0.440 e. The summed E-state index contributed by atoms with van der Waals surface area (Å²) < 4.78 is 11.4. The lowest BCUT2D eigenvalue weighted by Crippen LogP contribution is -1.91. The summed E-state index contributed by atoms with van der Waals surface area (Å²) in [5, 5.41) is 0. The zero-order chi connectivity index (χ0) is 13.8. The van der Waals surface area contributed by atoms with Gasteiger partial charge in [-0.15, -0.1) is 0 Å². The molecule has 0 atom stereocenters. The average Bonchev–Trinajstić information content (AvgIpc) is 2.39. The van der Waals surface area contributed by atoms with E-state index in [-0.39, 0.29) is 9.03 Å². The van der Waals surface area contributed by atoms with Crippen LogP contribution in [0.25, 0.3) is 0 Å². The molecule has 0 unspecified atom stereocenters. The van der Waals surface area contributed by atoms with Gasteiger partial charge in [0.2, 0.25) is 0 Å². The maximum absolute atomic E-state index is 5.72. The van der Waals surface area contributed by atoms with E-state index in [2.05, 4.69) is 39.8 Å². The van der Waals surface area contributed by atoms with E-state index in [1.165, 1.54) is 22.3 Å². The number of hydrogen-bond acceptors (Lipinski definition) is 2. The van der Waals surface area contributed by atoms with Gasteiger partial charge in [0.1, 0.15) is 11.5 Å². The molecule has 0 aromatic heterocycles. The van der Waals surface area contributed by atoms with E-state index >= 15 is 0 Å². The van der Waals surface area contributed by atoms with Crippen molar-refractivity contribution < 1.29 is 9.05 Å². The van der Waals surface area contributed by atoms with Gasteiger partial charge < -0.3 is 9.05 Å². The summed E-state index contributed by atoms with van der Waals surface area (Å²) in [5.74, 6) is 1.78. The van der Waals surface area contributed by atoms with Crippen molar-refractivity contribution in [2.75, 3.05) is 0 Å². The Labute approximate surface area is 116 Å². The smallest absolute Gasteiger partial charge is 0.275 e. The fourth-order valence-corrected chi connectivity index (χ4v) is 2.44. The normalized spacial score (nSPS) is 10.3. The molecular formula is C16H19O2P. The van der Waals surface area contributed by atoms with Gasteiger partial charge in [-0.2, -0.15) is 0 Å². The van der Waals surface area contributed by atoms with Crippen molar-refractivity contribution in [3.05, 3.63) is 58.7 Å². The van der Waals surface area contributed by atoms with Crippen molar-refractivity contribution in [3.8, 4) is 11.5 Å². The maximum Gasteiger partial charge on any atom is 0.275 e. The first kappa shape index (κ1) is 13.9. The minimum Gasteiger partial charge on any atom is -0.440 e. The Morgan fingerprint density at radius 1 is 0.684 bits per heavy atom. The molecule has 2 aromatic carbocycles. The molecule has 0 saturated carbocycles. The molecule has 3 heteroatoms. The van der Waals surface area contributed by atoms with Gasteiger partial charge in [0.25, 0.3) is 9.03 Å². The van der Waals surface area contributed by atoms with Crippen LogP contribution in [-0.2, 0) is 0 Å². The third-order valence-electron chi connectivity index (χ3n) is 3.41. The van der Waals surface area contributed by atoms with Crippen molar-refractivity contribution in [2.24, 2.45) is 0 Å². The Kier molecular flexibility index (Phi) is 4.44. The van der Waals surface area contributed by atoms with E-state index < -0.39 is 0 Å². The molecule has 0 fully saturated rings. The molecule has 100 valence electrons. The molecular weight excluding hydrogens is 255 g/mol. The predicted molar refractivity (Wildman–Crippen MR) is 81.4 cm³/mol. The Morgan fingerprint density at radius 2 is 1.11 bits per heavy atom. The van der Waals surface area contributed by atoms with Gasteiger partial charge in [-0.1, -0.05) is 24.3 Å². The lowest BCUT2D eigenvalue weighted by Gasteiger charge is -2.12. The lowest BCUT2D eigenvalue weighted by atomic mass is 10.1. The molecule has 0 aliphatic rings. The lowest BCUT2D eigenvalue weighted by molar-refractivity contribution is 0.510. The summed E-state index contributed by atoms with van der Waals surface area (Å²) in [4.78, 5) is 0. The van der Waals surface area contributed by atoms with Gasteiger partial charge in [-0.05, 0) is 62.1 Å². The first-order valence-corrected chi connectivity index (χ1v) is 7.12. The Morgan fingerprint density at radius 3 is 1.53 bits per heavy atom. The Hall–Kier alpha value is -1.53. The minimum atomic E-state index is -0.0274. The van der Waals surface area contributed by atoms with E-state index in [9.17, 15) is 0 Å². The fraction of sp³-hybridized carbons (Fsp3) is 0.250. The summed E-state index contributed by atoms with van der Waals surface area (Å²) in [6.07, 6.45) is 0. The van der Waals surface area contributed by atoms with Crippen LogP contribution in [0.4, 0.5) is 0 Å². The van der Waals surface area contributed by atoms with E-state index in [4.69, 9.17) is 9.05 Å². The van der Waals surface area contributed by atoms with E-state index in [0.29, 0.717) is 0 Å². The molecule has 0 N–H and O–H groups in total. The second-order valence-electron chi connectivity index (χ2n) is 4.68. The zero-order valence-electron chi connectivity index (χ0n) is 11.8. The molecule has 0 saturated heterocycles. The summed E-state index contributed by atoms with van der Waals surface area (Å²) in [6, 6.07) is 12.1. The van der Waals surface area contributed by atoms with E-state index in [0.717, 1.165) is 11.5 Å². The fourth-order valence-electron chi connectivity index (χ4n) is 1.78. The molecule has 0 heterocycles. The van der Waals surface area contributed by atoms with Crippen molar-refractivity contribution in [3.63, 3.8) is 0 Å². The molecule has 0 aliphatic carbocycles. The third kappa shape index (κ3) is 3.27. The Balaban J connectivity index is 2.00. The second kappa shape index (κ2) is 6.08. The van der Waals surface area contributed by atoms with Crippen LogP contribution < -0.4 is 9.05 Å². The van der Waals surface area contributed by atoms with Gasteiger partial charge >= 0.3 is 0 Å². The van der Waals surface area contributed by atoms with Crippen molar-refractivity contribution in [1.29, 1.82) is 0 Å². The van der Waals surface area contributed by atoms with Gasteiger partial charge in [0.15, 0.2) is 0 Å². The SMILES string of the molecule is Cc1cccc(OPOc2cccc(C)c2C)c1C. The van der Waals surface area contributed by atoms with Crippen LogP contribution in [0.5, 0.6) is 11.5 Å². The second-order valence-corrected chi connectivity index (χ2v) is 5.26. The van der Waals surface area contributed by atoms with E-state index in [1.807, 2.05) is 24.3 Å². The molecule has 0 bridgehead atoms. The molecule has 2 rings (SSSR count). The number of benzene rings is 2. The number of hydrogen-bond donors (Lipinski definition) is 0. The quantitative estimate of drug-likeness (QED) is 0.739. The summed E-state index contributed by atoms with van der Waals surface area (Å²) >= 11 is 0. The molecule has 2 nitrogen and oxygen atoms in total. The van der Waals surface area contributed by atoms with Gasteiger partial charge in [0.05, 0.1) is 0 Å². The highest BCUT2D eigenvalue weighted by Gasteiger charge is 2.04. The first-order valence-electron chi connectivity index (χ1n) is 6.30. The standard InChI is InChI=1S/C16H19O2P/c1-11-7-5-9-15(13(11)3)17-19-18-16-10-6-8-12(2)14(16)4/h5-10,19H,1-4H3. The van der Waals surface area contributed by atoms with Crippen LogP contribution in [0.1, 0.15) is 22.3 Å². The Bertz CT molecular complexity index is 527.